The van der Waals surface area contributed by atoms with E-state index >= 15 is 0 Å². The predicted octanol–water partition coefficient (Wildman–Crippen LogP) is 6.55. The van der Waals surface area contributed by atoms with Crippen molar-refractivity contribution in [2.75, 3.05) is 0 Å². The lowest BCUT2D eigenvalue weighted by atomic mass is 9.96. The zero-order chi connectivity index (χ0) is 19.2. The molecule has 4 heteroatoms. The van der Waals surface area contributed by atoms with Crippen LogP contribution in [0.3, 0.4) is 0 Å². The Labute approximate surface area is 161 Å². The molecule has 4 nitrogen and oxygen atoms in total. The van der Waals surface area contributed by atoms with Gasteiger partial charge < -0.3 is 5.32 Å². The van der Waals surface area contributed by atoms with Crippen LogP contribution >= 0.6 is 0 Å². The van der Waals surface area contributed by atoms with Gasteiger partial charge in [-0.1, -0.05) is 72.6 Å². The third-order valence-electron chi connectivity index (χ3n) is 5.22. The van der Waals surface area contributed by atoms with Gasteiger partial charge >= 0.3 is 0 Å². The van der Waals surface area contributed by atoms with Gasteiger partial charge in [0.05, 0.1) is 6.04 Å². The molecule has 0 saturated carbocycles. The summed E-state index contributed by atoms with van der Waals surface area (Å²) in [5.74, 6) is 0. The Bertz CT molecular complexity index is 805. The van der Waals surface area contributed by atoms with E-state index in [0.29, 0.717) is 0 Å². The molecule has 0 spiro atoms. The van der Waals surface area contributed by atoms with Crippen molar-refractivity contribution >= 4 is 0 Å². The topological polar surface area (TPSA) is 60.8 Å². The number of hydrogen-bond acceptors (Lipinski definition) is 2. The average molecular weight is 361 g/mol. The molecule has 1 aliphatic rings. The summed E-state index contributed by atoms with van der Waals surface area (Å²) in [4.78, 5) is 3.07. The van der Waals surface area contributed by atoms with Gasteiger partial charge in [0.1, 0.15) is 0 Å². The van der Waals surface area contributed by atoms with Crippen molar-refractivity contribution in [3.05, 3.63) is 82.3 Å². The number of benzene rings is 2. The van der Waals surface area contributed by atoms with E-state index in [1.807, 2.05) is 0 Å². The fraction of sp³-hybridized carbons (Fsp3) is 0.391. The van der Waals surface area contributed by atoms with Crippen LogP contribution in [0, 0.1) is 0 Å². The van der Waals surface area contributed by atoms with Gasteiger partial charge in [0, 0.05) is 17.0 Å². The minimum Gasteiger partial charge on any atom is -0.303 e. The third kappa shape index (κ3) is 4.41. The van der Waals surface area contributed by atoms with Gasteiger partial charge in [-0.05, 0) is 54.0 Å². The molecule has 0 aliphatic heterocycles. The quantitative estimate of drug-likeness (QED) is 0.234. The molecule has 3 rings (SSSR count). The first-order valence-electron chi connectivity index (χ1n) is 9.76. The first-order valence-corrected chi connectivity index (χ1v) is 9.76. The van der Waals surface area contributed by atoms with Crippen molar-refractivity contribution < 1.29 is 0 Å². The van der Waals surface area contributed by atoms with Crippen molar-refractivity contribution in [3.63, 3.8) is 0 Å². The van der Waals surface area contributed by atoms with Gasteiger partial charge in [-0.3, -0.25) is 0 Å². The fourth-order valence-electron chi connectivity index (χ4n) is 4.16. The Morgan fingerprint density at radius 1 is 1.15 bits per heavy atom. The van der Waals surface area contributed by atoms with E-state index in [9.17, 15) is 0 Å². The van der Waals surface area contributed by atoms with Gasteiger partial charge in [0.2, 0.25) is 0 Å². The number of rotatable bonds is 9. The number of nitrogens with one attached hydrogen (secondary N) is 1. The summed E-state index contributed by atoms with van der Waals surface area (Å²) >= 11 is 0. The van der Waals surface area contributed by atoms with Crippen LogP contribution in [0.25, 0.3) is 21.6 Å². The standard InChI is InChI=1S/C23H28N4/c1-4-9-17(26-27-24)15-18(14-16(2)3)25-23-21-12-7-5-10-19(21)20-11-6-8-13-22(20)23/h5-8,10-13,17-18,23,25H,2,4,9,14-15H2,1,3H3. The highest BCUT2D eigenvalue weighted by Crippen LogP contribution is 2.43. The van der Waals surface area contributed by atoms with E-state index in [1.54, 1.807) is 0 Å². The number of hydrogen-bond donors (Lipinski definition) is 1. The molecule has 2 unspecified atom stereocenters. The molecule has 2 aromatic rings. The summed E-state index contributed by atoms with van der Waals surface area (Å²) in [7, 11) is 0. The molecule has 0 heterocycles. The molecule has 0 fully saturated rings. The Hall–Kier alpha value is -2.55. The molecular weight excluding hydrogens is 332 g/mol. The monoisotopic (exact) mass is 360 g/mol. The average Bonchev–Trinajstić information content (AvgIpc) is 2.96. The first kappa shape index (κ1) is 19.2. The van der Waals surface area contributed by atoms with E-state index in [-0.39, 0.29) is 18.1 Å². The summed E-state index contributed by atoms with van der Waals surface area (Å²) in [6.45, 7) is 8.31. The van der Waals surface area contributed by atoms with Crippen molar-refractivity contribution in [2.24, 2.45) is 5.11 Å². The summed E-state index contributed by atoms with van der Waals surface area (Å²) in [6.07, 6.45) is 3.63. The minimum absolute atomic E-state index is 0.0174. The van der Waals surface area contributed by atoms with Crippen LogP contribution < -0.4 is 5.32 Å². The van der Waals surface area contributed by atoms with Crippen LogP contribution in [0.15, 0.2) is 65.8 Å². The maximum Gasteiger partial charge on any atom is 0.0591 e. The van der Waals surface area contributed by atoms with Gasteiger partial charge in [0.25, 0.3) is 0 Å². The lowest BCUT2D eigenvalue weighted by molar-refractivity contribution is 0.399. The number of nitrogens with zero attached hydrogens (tertiary/aromatic N) is 3. The largest absolute Gasteiger partial charge is 0.303 e. The highest BCUT2D eigenvalue weighted by molar-refractivity contribution is 5.78. The molecule has 0 aromatic heterocycles. The van der Waals surface area contributed by atoms with Crippen LogP contribution in [-0.4, -0.2) is 12.1 Å². The van der Waals surface area contributed by atoms with E-state index in [4.69, 9.17) is 5.53 Å². The van der Waals surface area contributed by atoms with Gasteiger partial charge in [-0.15, -0.1) is 6.58 Å². The lowest BCUT2D eigenvalue weighted by Gasteiger charge is -2.27. The molecular formula is C23H28N4. The molecule has 140 valence electrons. The van der Waals surface area contributed by atoms with Crippen molar-refractivity contribution in [3.8, 4) is 11.1 Å². The smallest absolute Gasteiger partial charge is 0.0591 e. The Morgan fingerprint density at radius 2 is 1.74 bits per heavy atom. The van der Waals surface area contributed by atoms with Crippen molar-refractivity contribution in [1.29, 1.82) is 0 Å². The summed E-state index contributed by atoms with van der Waals surface area (Å²) in [5, 5.41) is 7.90. The van der Waals surface area contributed by atoms with Crippen LogP contribution in [0.5, 0.6) is 0 Å². The number of fused-ring (bicyclic) bond motifs is 3. The van der Waals surface area contributed by atoms with Crippen LogP contribution in [0.4, 0.5) is 0 Å². The third-order valence-corrected chi connectivity index (χ3v) is 5.22. The first-order chi connectivity index (χ1) is 13.1. The molecule has 0 amide bonds. The second-order valence-corrected chi connectivity index (χ2v) is 7.52. The highest BCUT2D eigenvalue weighted by atomic mass is 15.1. The van der Waals surface area contributed by atoms with Crippen LogP contribution in [-0.2, 0) is 0 Å². The van der Waals surface area contributed by atoms with Gasteiger partial charge in [-0.25, -0.2) is 0 Å². The molecule has 2 atom stereocenters. The molecule has 0 saturated heterocycles. The highest BCUT2D eigenvalue weighted by Gasteiger charge is 2.30. The second-order valence-electron chi connectivity index (χ2n) is 7.52. The van der Waals surface area contributed by atoms with Crippen LogP contribution in [0.2, 0.25) is 0 Å². The fourth-order valence-corrected chi connectivity index (χ4v) is 4.16. The summed E-state index contributed by atoms with van der Waals surface area (Å²) in [5.41, 5.74) is 15.3. The SMILES string of the molecule is C=C(C)CC(CC(CCC)N=[N+]=[N-])NC1c2ccccc2-c2ccccc21. The maximum atomic E-state index is 8.92. The Morgan fingerprint density at radius 3 is 2.26 bits per heavy atom. The lowest BCUT2D eigenvalue weighted by Crippen LogP contribution is -2.35. The zero-order valence-corrected chi connectivity index (χ0v) is 16.2. The molecule has 1 N–H and O–H groups in total. The number of azide groups is 1. The second kappa shape index (κ2) is 8.90. The van der Waals surface area contributed by atoms with E-state index in [2.05, 4.69) is 84.3 Å². The van der Waals surface area contributed by atoms with E-state index < -0.39 is 0 Å². The zero-order valence-electron chi connectivity index (χ0n) is 16.2. The molecule has 0 radical (unpaired) electrons. The van der Waals surface area contributed by atoms with Gasteiger partial charge in [-0.2, -0.15) is 0 Å². The minimum atomic E-state index is 0.0174. The normalized spacial score (nSPS) is 14.7. The van der Waals surface area contributed by atoms with Crippen LogP contribution in [0.1, 0.15) is 56.7 Å². The Kier molecular flexibility index (Phi) is 6.33. The molecule has 27 heavy (non-hydrogen) atoms. The molecule has 1 aliphatic carbocycles. The molecule has 2 aromatic carbocycles. The molecule has 0 bridgehead atoms. The maximum absolute atomic E-state index is 8.92. The summed E-state index contributed by atoms with van der Waals surface area (Å²) in [6, 6.07) is 17.6. The van der Waals surface area contributed by atoms with Crippen molar-refractivity contribution in [1.82, 2.24) is 5.32 Å². The van der Waals surface area contributed by atoms with Crippen molar-refractivity contribution in [2.45, 2.75) is 57.7 Å². The Balaban J connectivity index is 1.89. The predicted molar refractivity (Wildman–Crippen MR) is 113 cm³/mol. The van der Waals surface area contributed by atoms with Gasteiger partial charge in [0.15, 0.2) is 0 Å². The van der Waals surface area contributed by atoms with E-state index in [0.717, 1.165) is 31.3 Å². The van der Waals surface area contributed by atoms with E-state index in [1.165, 1.54) is 22.3 Å². The summed E-state index contributed by atoms with van der Waals surface area (Å²) < 4.78 is 0.